The number of carbonyl (C=O) groups excluding carboxylic acids is 1. The van der Waals surface area contributed by atoms with Gasteiger partial charge in [0.05, 0.1) is 25.2 Å². The van der Waals surface area contributed by atoms with Gasteiger partial charge in [0.1, 0.15) is 0 Å². The van der Waals surface area contributed by atoms with Crippen LogP contribution in [0.5, 0.6) is 5.75 Å². The third-order valence-electron chi connectivity index (χ3n) is 3.87. The Morgan fingerprint density at radius 1 is 1.23 bits per heavy atom. The summed E-state index contributed by atoms with van der Waals surface area (Å²) in [7, 11) is 1.18. The van der Waals surface area contributed by atoms with Gasteiger partial charge < -0.3 is 14.6 Å². The number of benzene rings is 1. The Morgan fingerprint density at radius 2 is 1.81 bits per heavy atom. The standard InChI is InChI=1S/C17H21ClF4O4/c1-5-26-14(23)16(24,9-17(20,21)22)8-15(2,3)10-6-7-11(18)12(19)13(10)25-4/h6-7,24H,5,8-9H2,1-4H3. The van der Waals surface area contributed by atoms with Crippen LogP contribution in [-0.4, -0.2) is 36.6 Å². The minimum atomic E-state index is -4.81. The molecule has 0 spiro atoms. The molecule has 0 saturated heterocycles. The van der Waals surface area contributed by atoms with Crippen LogP contribution < -0.4 is 4.74 Å². The smallest absolute Gasteiger partial charge is 0.392 e. The number of aliphatic hydroxyl groups is 1. The lowest BCUT2D eigenvalue weighted by atomic mass is 9.73. The minimum absolute atomic E-state index is 0.159. The fourth-order valence-corrected chi connectivity index (χ4v) is 3.04. The second-order valence-electron chi connectivity index (χ2n) is 6.55. The Bertz CT molecular complexity index is 661. The van der Waals surface area contributed by atoms with Gasteiger partial charge >= 0.3 is 12.1 Å². The Balaban J connectivity index is 3.37. The van der Waals surface area contributed by atoms with Crippen LogP contribution in [0.2, 0.25) is 5.02 Å². The summed E-state index contributed by atoms with van der Waals surface area (Å²) in [5, 5.41) is 10.3. The molecule has 148 valence electrons. The van der Waals surface area contributed by atoms with Gasteiger partial charge in [-0.15, -0.1) is 0 Å². The van der Waals surface area contributed by atoms with E-state index in [0.29, 0.717) is 0 Å². The summed E-state index contributed by atoms with van der Waals surface area (Å²) in [6.45, 7) is 4.13. The number of hydrogen-bond donors (Lipinski definition) is 1. The van der Waals surface area contributed by atoms with Gasteiger partial charge in [-0.1, -0.05) is 31.5 Å². The molecule has 1 aromatic rings. The Hall–Kier alpha value is -1.54. The Labute approximate surface area is 154 Å². The van der Waals surface area contributed by atoms with Crippen molar-refractivity contribution in [1.82, 2.24) is 0 Å². The van der Waals surface area contributed by atoms with Crippen molar-refractivity contribution in [3.05, 3.63) is 28.5 Å². The van der Waals surface area contributed by atoms with Gasteiger partial charge in [-0.05, 0) is 24.8 Å². The molecule has 0 saturated carbocycles. The van der Waals surface area contributed by atoms with Crippen LogP contribution in [-0.2, 0) is 14.9 Å². The van der Waals surface area contributed by atoms with Gasteiger partial charge in [0.25, 0.3) is 0 Å². The molecule has 0 amide bonds. The van der Waals surface area contributed by atoms with E-state index in [9.17, 15) is 27.5 Å². The highest BCUT2D eigenvalue weighted by molar-refractivity contribution is 6.30. The molecule has 0 radical (unpaired) electrons. The van der Waals surface area contributed by atoms with E-state index in [1.165, 1.54) is 40.0 Å². The van der Waals surface area contributed by atoms with Crippen LogP contribution in [0.15, 0.2) is 12.1 Å². The summed E-state index contributed by atoms with van der Waals surface area (Å²) in [6, 6.07) is 2.60. The number of ether oxygens (including phenoxy) is 2. The van der Waals surface area contributed by atoms with Crippen LogP contribution in [0, 0.1) is 5.82 Å². The monoisotopic (exact) mass is 400 g/mol. The molecule has 9 heteroatoms. The third kappa shape index (κ3) is 5.23. The zero-order valence-corrected chi connectivity index (χ0v) is 15.6. The van der Waals surface area contributed by atoms with E-state index >= 15 is 0 Å². The number of halogens is 5. The summed E-state index contributed by atoms with van der Waals surface area (Å²) >= 11 is 5.70. The van der Waals surface area contributed by atoms with E-state index in [4.69, 9.17) is 16.3 Å². The maximum absolute atomic E-state index is 14.2. The molecular formula is C17H21ClF4O4. The first-order chi connectivity index (χ1) is 11.8. The van der Waals surface area contributed by atoms with E-state index in [2.05, 4.69) is 4.74 Å². The van der Waals surface area contributed by atoms with E-state index in [1.807, 2.05) is 0 Å². The molecule has 1 N–H and O–H groups in total. The van der Waals surface area contributed by atoms with Gasteiger partial charge in [-0.2, -0.15) is 13.2 Å². The van der Waals surface area contributed by atoms with E-state index in [1.54, 1.807) is 0 Å². The zero-order valence-electron chi connectivity index (χ0n) is 14.8. The predicted octanol–water partition coefficient (Wildman–Crippen LogP) is 4.40. The van der Waals surface area contributed by atoms with Crippen molar-refractivity contribution in [2.75, 3.05) is 13.7 Å². The summed E-state index contributed by atoms with van der Waals surface area (Å²) in [6.07, 6.45) is -7.27. The maximum Gasteiger partial charge on any atom is 0.392 e. The van der Waals surface area contributed by atoms with Crippen LogP contribution in [0.3, 0.4) is 0 Å². The van der Waals surface area contributed by atoms with E-state index in [-0.39, 0.29) is 22.9 Å². The largest absolute Gasteiger partial charge is 0.493 e. The first kappa shape index (κ1) is 22.5. The van der Waals surface area contributed by atoms with Crippen molar-refractivity contribution in [1.29, 1.82) is 0 Å². The lowest BCUT2D eigenvalue weighted by Crippen LogP contribution is -2.48. The summed E-state index contributed by atoms with van der Waals surface area (Å²) < 4.78 is 62.6. The van der Waals surface area contributed by atoms with E-state index < -0.39 is 41.8 Å². The average Bonchev–Trinajstić information content (AvgIpc) is 2.47. The molecule has 0 aliphatic carbocycles. The average molecular weight is 401 g/mol. The molecule has 0 aromatic heterocycles. The van der Waals surface area contributed by atoms with Crippen LogP contribution >= 0.6 is 11.6 Å². The predicted molar refractivity (Wildman–Crippen MR) is 87.9 cm³/mol. The van der Waals surface area contributed by atoms with Crippen molar-refractivity contribution in [2.45, 2.75) is 50.8 Å². The molecule has 0 fully saturated rings. The first-order valence-corrected chi connectivity index (χ1v) is 8.14. The van der Waals surface area contributed by atoms with Gasteiger partial charge in [-0.25, -0.2) is 9.18 Å². The van der Waals surface area contributed by atoms with E-state index in [0.717, 1.165) is 0 Å². The normalized spacial score (nSPS) is 14.7. The molecule has 4 nitrogen and oxygen atoms in total. The summed E-state index contributed by atoms with van der Waals surface area (Å²) in [5.74, 6) is -2.53. The van der Waals surface area contributed by atoms with Crippen molar-refractivity contribution in [3.8, 4) is 5.75 Å². The quantitative estimate of drug-likeness (QED) is 0.544. The van der Waals surface area contributed by atoms with Crippen molar-refractivity contribution >= 4 is 17.6 Å². The molecule has 1 rings (SSSR count). The highest BCUT2D eigenvalue weighted by Crippen LogP contribution is 2.43. The van der Waals surface area contributed by atoms with Crippen molar-refractivity contribution < 1.29 is 36.9 Å². The van der Waals surface area contributed by atoms with Crippen LogP contribution in [0.25, 0.3) is 0 Å². The lowest BCUT2D eigenvalue weighted by Gasteiger charge is -2.36. The Morgan fingerprint density at radius 3 is 2.27 bits per heavy atom. The lowest BCUT2D eigenvalue weighted by molar-refractivity contribution is -0.201. The molecule has 1 atom stereocenters. The highest BCUT2D eigenvalue weighted by Gasteiger charge is 2.51. The minimum Gasteiger partial charge on any atom is -0.493 e. The topological polar surface area (TPSA) is 55.8 Å². The number of carbonyl (C=O) groups is 1. The van der Waals surface area contributed by atoms with Gasteiger partial charge in [-0.3, -0.25) is 0 Å². The molecule has 1 unspecified atom stereocenters. The first-order valence-electron chi connectivity index (χ1n) is 7.76. The number of alkyl halides is 3. The van der Waals surface area contributed by atoms with Crippen LogP contribution in [0.4, 0.5) is 17.6 Å². The fourth-order valence-electron chi connectivity index (χ4n) is 2.89. The molecule has 0 aliphatic rings. The number of esters is 1. The second kappa shape index (κ2) is 8.00. The SMILES string of the molecule is CCOC(=O)C(O)(CC(F)(F)F)CC(C)(C)c1ccc(Cl)c(F)c1OC. The summed E-state index contributed by atoms with van der Waals surface area (Å²) in [5.41, 5.74) is -3.95. The van der Waals surface area contributed by atoms with Gasteiger partial charge in [0.15, 0.2) is 17.2 Å². The summed E-state index contributed by atoms with van der Waals surface area (Å²) in [4.78, 5) is 12.0. The molecule has 0 aliphatic heterocycles. The van der Waals surface area contributed by atoms with Crippen molar-refractivity contribution in [2.24, 2.45) is 0 Å². The maximum atomic E-state index is 14.2. The van der Waals surface area contributed by atoms with Gasteiger partial charge in [0.2, 0.25) is 0 Å². The Kier molecular flexibility index (Phi) is 6.92. The molecule has 26 heavy (non-hydrogen) atoms. The number of rotatable bonds is 7. The molecule has 1 aromatic carbocycles. The second-order valence-corrected chi connectivity index (χ2v) is 6.95. The highest BCUT2D eigenvalue weighted by atomic mass is 35.5. The third-order valence-corrected chi connectivity index (χ3v) is 4.16. The number of methoxy groups -OCH3 is 1. The zero-order chi connectivity index (χ0) is 20.3. The van der Waals surface area contributed by atoms with Gasteiger partial charge in [0, 0.05) is 5.56 Å². The fraction of sp³-hybridized carbons (Fsp3) is 0.588. The molecule has 0 heterocycles. The number of hydrogen-bond acceptors (Lipinski definition) is 4. The molecular weight excluding hydrogens is 380 g/mol. The molecule has 0 bridgehead atoms. The van der Waals surface area contributed by atoms with Crippen molar-refractivity contribution in [3.63, 3.8) is 0 Å². The van der Waals surface area contributed by atoms with Crippen LogP contribution in [0.1, 0.15) is 39.2 Å².